The number of rotatable bonds is 7. The second-order valence-corrected chi connectivity index (χ2v) is 7.66. The van der Waals surface area contributed by atoms with E-state index in [1.165, 1.54) is 6.07 Å². The quantitative estimate of drug-likeness (QED) is 0.584. The van der Waals surface area contributed by atoms with Gasteiger partial charge in [-0.05, 0) is 25.5 Å². The van der Waals surface area contributed by atoms with Gasteiger partial charge in [0.2, 0.25) is 0 Å². The van der Waals surface area contributed by atoms with Gasteiger partial charge in [0.05, 0.1) is 17.2 Å². The Morgan fingerprint density at radius 1 is 1.28 bits per heavy atom. The Hall–Kier alpha value is -1.95. The summed E-state index contributed by atoms with van der Waals surface area (Å²) in [5.74, 6) is 0.568. The van der Waals surface area contributed by atoms with Crippen molar-refractivity contribution in [3.05, 3.63) is 51.7 Å². The van der Waals surface area contributed by atoms with Crippen LogP contribution in [0, 0.1) is 12.7 Å². The SMILES string of the molecule is CCNC(=NCC(C)(C)c1ccccc1F)NCCc1csc(C)n1. The Labute approximate surface area is 153 Å². The van der Waals surface area contributed by atoms with Gasteiger partial charge in [-0.1, -0.05) is 32.0 Å². The van der Waals surface area contributed by atoms with Crippen LogP contribution in [0.25, 0.3) is 0 Å². The molecule has 25 heavy (non-hydrogen) atoms. The molecule has 0 radical (unpaired) electrons. The van der Waals surface area contributed by atoms with E-state index in [0.29, 0.717) is 12.1 Å². The fraction of sp³-hybridized carbons (Fsp3) is 0.474. The van der Waals surface area contributed by atoms with E-state index >= 15 is 0 Å². The Morgan fingerprint density at radius 3 is 2.68 bits per heavy atom. The minimum Gasteiger partial charge on any atom is -0.357 e. The van der Waals surface area contributed by atoms with E-state index in [1.54, 1.807) is 17.4 Å². The molecule has 0 spiro atoms. The molecule has 0 aliphatic rings. The minimum atomic E-state index is -0.375. The van der Waals surface area contributed by atoms with Crippen molar-refractivity contribution in [3.8, 4) is 0 Å². The fourth-order valence-corrected chi connectivity index (χ4v) is 3.19. The lowest BCUT2D eigenvalue weighted by Crippen LogP contribution is -2.39. The highest BCUT2D eigenvalue weighted by Crippen LogP contribution is 2.25. The van der Waals surface area contributed by atoms with Crippen molar-refractivity contribution in [1.82, 2.24) is 15.6 Å². The summed E-state index contributed by atoms with van der Waals surface area (Å²) in [5, 5.41) is 9.74. The van der Waals surface area contributed by atoms with Crippen LogP contribution in [0.2, 0.25) is 0 Å². The first-order valence-electron chi connectivity index (χ1n) is 8.60. The summed E-state index contributed by atoms with van der Waals surface area (Å²) >= 11 is 1.67. The summed E-state index contributed by atoms with van der Waals surface area (Å²) in [6, 6.07) is 6.91. The summed E-state index contributed by atoms with van der Waals surface area (Å²) in [6.45, 7) is 10.1. The first-order valence-corrected chi connectivity index (χ1v) is 9.48. The maximum Gasteiger partial charge on any atom is 0.191 e. The molecule has 1 aromatic heterocycles. The largest absolute Gasteiger partial charge is 0.357 e. The standard InChI is InChI=1S/C19H27FN4S/c1-5-21-18(22-11-10-15-12-25-14(2)24-15)23-13-19(3,4)16-8-6-7-9-17(16)20/h6-9,12H,5,10-11,13H2,1-4H3,(H2,21,22,23). The van der Waals surface area contributed by atoms with Crippen molar-refractivity contribution in [2.75, 3.05) is 19.6 Å². The maximum absolute atomic E-state index is 14.1. The van der Waals surface area contributed by atoms with E-state index < -0.39 is 0 Å². The summed E-state index contributed by atoms with van der Waals surface area (Å²) in [6.07, 6.45) is 0.853. The summed E-state index contributed by atoms with van der Waals surface area (Å²) in [5.41, 5.74) is 1.41. The first-order chi connectivity index (χ1) is 11.9. The molecule has 2 rings (SSSR count). The molecule has 1 aromatic carbocycles. The number of aromatic nitrogens is 1. The topological polar surface area (TPSA) is 49.3 Å². The van der Waals surface area contributed by atoms with Crippen LogP contribution in [0.3, 0.4) is 0 Å². The zero-order chi connectivity index (χ0) is 18.3. The third-order valence-electron chi connectivity index (χ3n) is 3.92. The lowest BCUT2D eigenvalue weighted by Gasteiger charge is -2.24. The van der Waals surface area contributed by atoms with Crippen molar-refractivity contribution < 1.29 is 4.39 Å². The van der Waals surface area contributed by atoms with Crippen LogP contribution in [0.4, 0.5) is 4.39 Å². The van der Waals surface area contributed by atoms with Gasteiger partial charge in [-0.2, -0.15) is 0 Å². The van der Waals surface area contributed by atoms with Gasteiger partial charge < -0.3 is 10.6 Å². The highest BCUT2D eigenvalue weighted by molar-refractivity contribution is 7.09. The van der Waals surface area contributed by atoms with E-state index in [9.17, 15) is 4.39 Å². The van der Waals surface area contributed by atoms with Crippen molar-refractivity contribution in [2.45, 2.75) is 39.5 Å². The van der Waals surface area contributed by atoms with Crippen LogP contribution in [0.1, 0.15) is 37.0 Å². The smallest absolute Gasteiger partial charge is 0.191 e. The Balaban J connectivity index is 1.97. The average Bonchev–Trinajstić information content (AvgIpc) is 2.98. The number of hydrogen-bond donors (Lipinski definition) is 2. The third kappa shape index (κ3) is 5.81. The second kappa shape index (κ2) is 8.94. The van der Waals surface area contributed by atoms with Gasteiger partial charge in [0.15, 0.2) is 5.96 Å². The average molecular weight is 363 g/mol. The van der Waals surface area contributed by atoms with Gasteiger partial charge >= 0.3 is 0 Å². The van der Waals surface area contributed by atoms with Crippen LogP contribution in [0.15, 0.2) is 34.6 Å². The molecule has 2 N–H and O–H groups in total. The first kappa shape index (κ1) is 19.4. The number of nitrogens with zero attached hydrogens (tertiary/aromatic N) is 2. The number of thiazole rings is 1. The van der Waals surface area contributed by atoms with E-state index in [0.717, 1.165) is 36.2 Å². The van der Waals surface area contributed by atoms with E-state index in [-0.39, 0.29) is 11.2 Å². The molecule has 136 valence electrons. The highest BCUT2D eigenvalue weighted by Gasteiger charge is 2.23. The van der Waals surface area contributed by atoms with E-state index in [2.05, 4.69) is 26.0 Å². The Morgan fingerprint density at radius 2 is 2.04 bits per heavy atom. The van der Waals surface area contributed by atoms with Gasteiger partial charge in [0.1, 0.15) is 5.82 Å². The molecule has 0 aliphatic heterocycles. The number of nitrogens with one attached hydrogen (secondary N) is 2. The van der Waals surface area contributed by atoms with Gasteiger partial charge in [-0.25, -0.2) is 9.37 Å². The molecular weight excluding hydrogens is 335 g/mol. The summed E-state index contributed by atoms with van der Waals surface area (Å²) < 4.78 is 14.1. The highest BCUT2D eigenvalue weighted by atomic mass is 32.1. The Bertz CT molecular complexity index is 709. The van der Waals surface area contributed by atoms with Crippen molar-refractivity contribution in [2.24, 2.45) is 4.99 Å². The number of aryl methyl sites for hydroxylation is 1. The minimum absolute atomic E-state index is 0.181. The number of hydrogen-bond acceptors (Lipinski definition) is 3. The summed E-state index contributed by atoms with van der Waals surface area (Å²) in [4.78, 5) is 9.11. The lowest BCUT2D eigenvalue weighted by atomic mass is 9.84. The monoisotopic (exact) mass is 362 g/mol. The van der Waals surface area contributed by atoms with Crippen molar-refractivity contribution in [3.63, 3.8) is 0 Å². The molecule has 1 heterocycles. The molecule has 0 fully saturated rings. The Kier molecular flexibility index (Phi) is 6.93. The molecule has 0 atom stereocenters. The lowest BCUT2D eigenvalue weighted by molar-refractivity contribution is 0.492. The van der Waals surface area contributed by atoms with Crippen molar-refractivity contribution >= 4 is 17.3 Å². The molecule has 4 nitrogen and oxygen atoms in total. The van der Waals surface area contributed by atoms with Gasteiger partial charge in [0, 0.05) is 30.3 Å². The van der Waals surface area contributed by atoms with Crippen LogP contribution >= 0.6 is 11.3 Å². The molecule has 2 aromatic rings. The molecule has 0 amide bonds. The zero-order valence-electron chi connectivity index (χ0n) is 15.4. The van der Waals surface area contributed by atoms with Gasteiger partial charge in [-0.3, -0.25) is 4.99 Å². The molecule has 0 saturated carbocycles. The molecule has 0 aliphatic carbocycles. The molecule has 0 bridgehead atoms. The van der Waals surface area contributed by atoms with Gasteiger partial charge in [0.25, 0.3) is 0 Å². The predicted molar refractivity (Wildman–Crippen MR) is 104 cm³/mol. The van der Waals surface area contributed by atoms with E-state index in [4.69, 9.17) is 0 Å². The fourth-order valence-electron chi connectivity index (χ4n) is 2.55. The maximum atomic E-state index is 14.1. The number of halogens is 1. The summed E-state index contributed by atoms with van der Waals surface area (Å²) in [7, 11) is 0. The molecular formula is C19H27FN4S. The van der Waals surface area contributed by atoms with E-state index in [1.807, 2.05) is 39.8 Å². The number of aliphatic imine (C=N–C) groups is 1. The van der Waals surface area contributed by atoms with Crippen LogP contribution in [-0.2, 0) is 11.8 Å². The van der Waals surface area contributed by atoms with Crippen LogP contribution in [0.5, 0.6) is 0 Å². The number of guanidine groups is 1. The number of benzene rings is 1. The van der Waals surface area contributed by atoms with Crippen molar-refractivity contribution in [1.29, 1.82) is 0 Å². The van der Waals surface area contributed by atoms with Crippen LogP contribution in [-0.4, -0.2) is 30.6 Å². The second-order valence-electron chi connectivity index (χ2n) is 6.59. The van der Waals surface area contributed by atoms with Gasteiger partial charge in [-0.15, -0.1) is 11.3 Å². The molecule has 6 heteroatoms. The predicted octanol–water partition coefficient (Wildman–Crippen LogP) is 3.67. The normalized spacial score (nSPS) is 12.3. The third-order valence-corrected chi connectivity index (χ3v) is 4.74. The molecule has 0 saturated heterocycles. The zero-order valence-corrected chi connectivity index (χ0v) is 16.2. The van der Waals surface area contributed by atoms with Crippen LogP contribution < -0.4 is 10.6 Å². The molecule has 0 unspecified atom stereocenters.